The molecular formula is C21H20FNO3. The van der Waals surface area contributed by atoms with Gasteiger partial charge in [-0.15, -0.1) is 0 Å². The van der Waals surface area contributed by atoms with Crippen LogP contribution < -0.4 is 14.4 Å². The molecule has 1 amide bonds. The molecule has 1 fully saturated rings. The summed E-state index contributed by atoms with van der Waals surface area (Å²) in [5, 5.41) is 0. The molecule has 0 atom stereocenters. The highest BCUT2D eigenvalue weighted by atomic mass is 19.1. The third kappa shape index (κ3) is 2.64. The molecule has 4 nitrogen and oxygen atoms in total. The topological polar surface area (TPSA) is 38.8 Å². The van der Waals surface area contributed by atoms with Crippen LogP contribution in [-0.2, 0) is 0 Å². The first-order chi connectivity index (χ1) is 12.6. The van der Waals surface area contributed by atoms with Crippen molar-refractivity contribution >= 4 is 17.3 Å². The molecule has 0 N–H and O–H groups in total. The Labute approximate surface area is 151 Å². The summed E-state index contributed by atoms with van der Waals surface area (Å²) in [6.45, 7) is 3.99. The van der Waals surface area contributed by atoms with Crippen molar-refractivity contribution in [2.45, 2.75) is 31.8 Å². The lowest BCUT2D eigenvalue weighted by atomic mass is 10.1. The second-order valence-corrected chi connectivity index (χ2v) is 6.61. The van der Waals surface area contributed by atoms with Crippen molar-refractivity contribution in [3.63, 3.8) is 0 Å². The van der Waals surface area contributed by atoms with Crippen LogP contribution in [-0.4, -0.2) is 19.1 Å². The molecule has 0 spiro atoms. The molecule has 0 bridgehead atoms. The quantitative estimate of drug-likeness (QED) is 0.793. The van der Waals surface area contributed by atoms with Crippen LogP contribution >= 0.6 is 0 Å². The predicted molar refractivity (Wildman–Crippen MR) is 98.1 cm³/mol. The first-order valence-electron chi connectivity index (χ1n) is 8.77. The van der Waals surface area contributed by atoms with E-state index in [1.54, 1.807) is 18.2 Å². The number of rotatable bonds is 4. The lowest BCUT2D eigenvalue weighted by molar-refractivity contribution is 0.100. The zero-order valence-corrected chi connectivity index (χ0v) is 14.6. The van der Waals surface area contributed by atoms with Gasteiger partial charge in [0.2, 0.25) is 0 Å². The van der Waals surface area contributed by atoms with Crippen LogP contribution in [0.25, 0.3) is 5.70 Å². The molecule has 1 aliphatic heterocycles. The summed E-state index contributed by atoms with van der Waals surface area (Å²) in [4.78, 5) is 14.1. The van der Waals surface area contributed by atoms with Crippen LogP contribution in [0.15, 0.2) is 43.0 Å². The maximum Gasteiger partial charge on any atom is 0.263 e. The van der Waals surface area contributed by atoms with Crippen molar-refractivity contribution in [1.82, 2.24) is 0 Å². The summed E-state index contributed by atoms with van der Waals surface area (Å²) in [5.41, 5.74) is 1.82. The monoisotopic (exact) mass is 353 g/mol. The van der Waals surface area contributed by atoms with Gasteiger partial charge in [0.05, 0.1) is 24.6 Å². The first-order valence-corrected chi connectivity index (χ1v) is 8.77. The zero-order chi connectivity index (χ0) is 18.3. The van der Waals surface area contributed by atoms with E-state index in [0.717, 1.165) is 25.7 Å². The first kappa shape index (κ1) is 16.6. The van der Waals surface area contributed by atoms with E-state index in [2.05, 4.69) is 6.58 Å². The van der Waals surface area contributed by atoms with Gasteiger partial charge >= 0.3 is 0 Å². The van der Waals surface area contributed by atoms with Gasteiger partial charge in [-0.3, -0.25) is 9.69 Å². The van der Waals surface area contributed by atoms with Crippen LogP contribution in [0.2, 0.25) is 0 Å². The summed E-state index contributed by atoms with van der Waals surface area (Å²) in [5.74, 6) is -0.0651. The summed E-state index contributed by atoms with van der Waals surface area (Å²) in [7, 11) is 1.48. The minimum absolute atomic E-state index is 0.0943. The number of fused-ring (bicyclic) bond motifs is 1. The Morgan fingerprint density at radius 3 is 2.46 bits per heavy atom. The van der Waals surface area contributed by atoms with E-state index in [9.17, 15) is 9.18 Å². The van der Waals surface area contributed by atoms with Crippen molar-refractivity contribution in [1.29, 1.82) is 0 Å². The lowest BCUT2D eigenvalue weighted by Gasteiger charge is -2.22. The second kappa shape index (κ2) is 6.48. The summed E-state index contributed by atoms with van der Waals surface area (Å²) in [6, 6.07) is 9.96. The molecule has 1 aliphatic carbocycles. The van der Waals surface area contributed by atoms with E-state index >= 15 is 0 Å². The molecule has 1 saturated carbocycles. The Balaban J connectivity index is 1.75. The van der Waals surface area contributed by atoms with Crippen LogP contribution in [0, 0.1) is 5.82 Å². The van der Waals surface area contributed by atoms with Gasteiger partial charge in [0.1, 0.15) is 0 Å². The molecule has 134 valence electrons. The molecule has 2 aromatic rings. The number of benzene rings is 2. The fourth-order valence-electron chi connectivity index (χ4n) is 3.67. The lowest BCUT2D eigenvalue weighted by Crippen LogP contribution is -2.23. The number of ether oxygens (including phenoxy) is 2. The molecule has 0 unspecified atom stereocenters. The van der Waals surface area contributed by atoms with Crippen LogP contribution in [0.4, 0.5) is 10.1 Å². The Morgan fingerprint density at radius 2 is 1.81 bits per heavy atom. The molecule has 2 aliphatic rings. The average molecular weight is 353 g/mol. The van der Waals surface area contributed by atoms with Gasteiger partial charge in [-0.25, -0.2) is 4.39 Å². The maximum absolute atomic E-state index is 14.8. The Morgan fingerprint density at radius 1 is 1.12 bits per heavy atom. The SMILES string of the molecule is C=C1c2ccccc2C(=O)N1c1cc(OC2CCCC2)c(OC)cc1F. The minimum Gasteiger partial charge on any atom is -0.493 e. The van der Waals surface area contributed by atoms with Crippen LogP contribution in [0.1, 0.15) is 41.6 Å². The van der Waals surface area contributed by atoms with Gasteiger partial charge in [-0.1, -0.05) is 24.8 Å². The van der Waals surface area contributed by atoms with Gasteiger partial charge < -0.3 is 9.47 Å². The van der Waals surface area contributed by atoms with E-state index in [1.165, 1.54) is 18.1 Å². The Bertz CT molecular complexity index is 852. The summed E-state index contributed by atoms with van der Waals surface area (Å²) < 4.78 is 26.1. The smallest absolute Gasteiger partial charge is 0.263 e. The molecule has 0 radical (unpaired) electrons. The molecule has 0 aromatic heterocycles. The molecule has 26 heavy (non-hydrogen) atoms. The fraction of sp³-hybridized carbons (Fsp3) is 0.286. The van der Waals surface area contributed by atoms with Gasteiger partial charge in [-0.05, 0) is 31.7 Å². The van der Waals surface area contributed by atoms with E-state index < -0.39 is 5.82 Å². The van der Waals surface area contributed by atoms with Crippen molar-refractivity contribution < 1.29 is 18.7 Å². The van der Waals surface area contributed by atoms with Gasteiger partial charge in [0.25, 0.3) is 5.91 Å². The van der Waals surface area contributed by atoms with Crippen molar-refractivity contribution in [2.24, 2.45) is 0 Å². The Hall–Kier alpha value is -2.82. The molecule has 2 aromatic carbocycles. The highest BCUT2D eigenvalue weighted by Gasteiger charge is 2.34. The van der Waals surface area contributed by atoms with Gasteiger partial charge in [0, 0.05) is 23.3 Å². The van der Waals surface area contributed by atoms with Gasteiger partial charge in [-0.2, -0.15) is 0 Å². The molecular weight excluding hydrogens is 333 g/mol. The standard InChI is InChI=1S/C21H20FNO3/c1-13-15-9-5-6-10-16(15)21(24)23(13)18-12-20(19(25-2)11-17(18)22)26-14-7-3-4-8-14/h5-6,9-12,14H,1,3-4,7-8H2,2H3. The van der Waals surface area contributed by atoms with E-state index in [4.69, 9.17) is 9.47 Å². The molecule has 4 rings (SSSR count). The molecule has 0 saturated heterocycles. The van der Waals surface area contributed by atoms with E-state index in [0.29, 0.717) is 28.3 Å². The largest absolute Gasteiger partial charge is 0.493 e. The minimum atomic E-state index is -0.553. The third-order valence-corrected chi connectivity index (χ3v) is 5.01. The van der Waals surface area contributed by atoms with Crippen molar-refractivity contribution in [2.75, 3.05) is 12.0 Å². The molecule has 1 heterocycles. The van der Waals surface area contributed by atoms with E-state index in [1.807, 2.05) is 12.1 Å². The average Bonchev–Trinajstić information content (AvgIpc) is 3.24. The van der Waals surface area contributed by atoms with Crippen LogP contribution in [0.5, 0.6) is 11.5 Å². The number of anilines is 1. The number of hydrogen-bond donors (Lipinski definition) is 0. The zero-order valence-electron chi connectivity index (χ0n) is 14.6. The van der Waals surface area contributed by atoms with Crippen molar-refractivity contribution in [3.8, 4) is 11.5 Å². The highest BCUT2D eigenvalue weighted by molar-refractivity contribution is 6.22. The number of amides is 1. The number of hydrogen-bond acceptors (Lipinski definition) is 3. The second-order valence-electron chi connectivity index (χ2n) is 6.61. The van der Waals surface area contributed by atoms with E-state index in [-0.39, 0.29) is 17.7 Å². The fourth-order valence-corrected chi connectivity index (χ4v) is 3.67. The van der Waals surface area contributed by atoms with Gasteiger partial charge in [0.15, 0.2) is 17.3 Å². The predicted octanol–water partition coefficient (Wildman–Crippen LogP) is 4.79. The van der Waals surface area contributed by atoms with Crippen LogP contribution in [0.3, 0.4) is 0 Å². The highest BCUT2D eigenvalue weighted by Crippen LogP contribution is 2.42. The summed E-state index contributed by atoms with van der Waals surface area (Å²) >= 11 is 0. The number of methoxy groups -OCH3 is 1. The number of nitrogens with zero attached hydrogens (tertiary/aromatic N) is 1. The number of carbonyl (C=O) groups is 1. The Kier molecular flexibility index (Phi) is 4.15. The van der Waals surface area contributed by atoms with Crippen molar-refractivity contribution in [3.05, 3.63) is 59.9 Å². The normalized spacial score (nSPS) is 16.9. The number of carbonyl (C=O) groups excluding carboxylic acids is 1. The maximum atomic E-state index is 14.8. The number of halogens is 1. The molecule has 5 heteroatoms. The summed E-state index contributed by atoms with van der Waals surface area (Å²) in [6.07, 6.45) is 4.28. The third-order valence-electron chi connectivity index (χ3n) is 5.01.